The van der Waals surface area contributed by atoms with Gasteiger partial charge in [-0.3, -0.25) is 4.31 Å². The van der Waals surface area contributed by atoms with Crippen LogP contribution in [0.4, 0.5) is 11.4 Å². The SMILES string of the molecule is CCSN(c1ccccc1)c1ccccc1.CCn1c2ccccc2c2ccccc21. The number of benzene rings is 4. The molecule has 0 saturated carbocycles. The molecule has 0 bridgehead atoms. The molecule has 0 radical (unpaired) electrons. The summed E-state index contributed by atoms with van der Waals surface area (Å²) in [4.78, 5) is 0. The lowest BCUT2D eigenvalue weighted by Gasteiger charge is -2.22. The monoisotopic (exact) mass is 424 g/mol. The van der Waals surface area contributed by atoms with Crippen LogP contribution in [0.5, 0.6) is 0 Å². The van der Waals surface area contributed by atoms with Crippen molar-refractivity contribution in [3.63, 3.8) is 0 Å². The highest BCUT2D eigenvalue weighted by atomic mass is 32.2. The summed E-state index contributed by atoms with van der Waals surface area (Å²) < 4.78 is 4.63. The zero-order valence-corrected chi connectivity index (χ0v) is 18.9. The van der Waals surface area contributed by atoms with Crippen molar-refractivity contribution >= 4 is 45.1 Å². The highest BCUT2D eigenvalue weighted by Gasteiger charge is 2.08. The lowest BCUT2D eigenvalue weighted by Crippen LogP contribution is -2.06. The summed E-state index contributed by atoms with van der Waals surface area (Å²) in [5.74, 6) is 1.06. The summed E-state index contributed by atoms with van der Waals surface area (Å²) >= 11 is 1.82. The minimum absolute atomic E-state index is 1.02. The number of para-hydroxylation sites is 4. The number of anilines is 2. The van der Waals surface area contributed by atoms with Crippen LogP contribution in [0, 0.1) is 0 Å². The molecule has 0 aliphatic carbocycles. The number of rotatable bonds is 5. The first kappa shape index (κ1) is 21.1. The number of aryl methyl sites for hydroxylation is 1. The van der Waals surface area contributed by atoms with E-state index in [1.54, 1.807) is 0 Å². The van der Waals surface area contributed by atoms with E-state index in [0.717, 1.165) is 12.3 Å². The van der Waals surface area contributed by atoms with E-state index < -0.39 is 0 Å². The predicted molar refractivity (Wildman–Crippen MR) is 138 cm³/mol. The van der Waals surface area contributed by atoms with Gasteiger partial charge in [-0.25, -0.2) is 0 Å². The highest BCUT2D eigenvalue weighted by molar-refractivity contribution is 8.00. The Labute approximate surface area is 189 Å². The van der Waals surface area contributed by atoms with E-state index in [2.05, 4.69) is 120 Å². The van der Waals surface area contributed by atoms with Gasteiger partial charge in [0.1, 0.15) is 0 Å². The molecule has 0 aliphatic heterocycles. The van der Waals surface area contributed by atoms with Gasteiger partial charge in [0.05, 0.1) is 11.4 Å². The first-order valence-electron chi connectivity index (χ1n) is 10.8. The fraction of sp³-hybridized carbons (Fsp3) is 0.143. The molecular weight excluding hydrogens is 396 g/mol. The number of nitrogens with zero attached hydrogens (tertiary/aromatic N) is 2. The van der Waals surface area contributed by atoms with Crippen molar-refractivity contribution in [1.29, 1.82) is 0 Å². The molecule has 0 saturated heterocycles. The van der Waals surface area contributed by atoms with Crippen molar-refractivity contribution in [3.05, 3.63) is 109 Å². The van der Waals surface area contributed by atoms with Gasteiger partial charge >= 0.3 is 0 Å². The van der Waals surface area contributed by atoms with E-state index in [-0.39, 0.29) is 0 Å². The molecule has 0 amide bonds. The molecule has 3 heteroatoms. The fourth-order valence-corrected chi connectivity index (χ4v) is 4.70. The minimum atomic E-state index is 1.02. The molecule has 0 atom stereocenters. The van der Waals surface area contributed by atoms with Crippen molar-refractivity contribution in [2.45, 2.75) is 20.4 Å². The van der Waals surface area contributed by atoms with E-state index >= 15 is 0 Å². The Morgan fingerprint density at radius 2 is 1.00 bits per heavy atom. The molecule has 4 aromatic carbocycles. The summed E-state index contributed by atoms with van der Waals surface area (Å²) in [7, 11) is 0. The number of aromatic nitrogens is 1. The number of hydrogen-bond acceptors (Lipinski definition) is 2. The maximum absolute atomic E-state index is 2.37. The third-order valence-electron chi connectivity index (χ3n) is 5.24. The predicted octanol–water partition coefficient (Wildman–Crippen LogP) is 8.31. The van der Waals surface area contributed by atoms with E-state index in [1.165, 1.54) is 33.2 Å². The zero-order chi connectivity index (χ0) is 21.5. The largest absolute Gasteiger partial charge is 0.341 e. The van der Waals surface area contributed by atoms with Crippen LogP contribution in [0.3, 0.4) is 0 Å². The Morgan fingerprint density at radius 3 is 1.42 bits per heavy atom. The van der Waals surface area contributed by atoms with Gasteiger partial charge < -0.3 is 4.57 Å². The molecule has 0 aliphatic rings. The first-order valence-corrected chi connectivity index (χ1v) is 11.8. The second-order valence-corrected chi connectivity index (χ2v) is 8.36. The van der Waals surface area contributed by atoms with E-state index in [0.29, 0.717) is 0 Å². The number of fused-ring (bicyclic) bond motifs is 3. The Bertz CT molecular complexity index is 1140. The van der Waals surface area contributed by atoms with Gasteiger partial charge in [0.25, 0.3) is 0 Å². The maximum Gasteiger partial charge on any atom is 0.0525 e. The summed E-state index contributed by atoms with van der Waals surface area (Å²) in [6.07, 6.45) is 0. The molecular formula is C28H28N2S. The zero-order valence-electron chi connectivity index (χ0n) is 18.1. The fourth-order valence-electron chi connectivity index (χ4n) is 3.90. The molecule has 1 heterocycles. The van der Waals surface area contributed by atoms with Crippen molar-refractivity contribution < 1.29 is 0 Å². The van der Waals surface area contributed by atoms with Gasteiger partial charge in [-0.05, 0) is 55.3 Å². The van der Waals surface area contributed by atoms with Crippen molar-refractivity contribution in [1.82, 2.24) is 4.57 Å². The molecule has 0 N–H and O–H groups in total. The van der Waals surface area contributed by atoms with E-state index in [1.807, 2.05) is 24.1 Å². The quantitative estimate of drug-likeness (QED) is 0.262. The van der Waals surface area contributed by atoms with Gasteiger partial charge in [0.15, 0.2) is 0 Å². The van der Waals surface area contributed by atoms with Gasteiger partial charge in [0, 0.05) is 34.1 Å². The maximum atomic E-state index is 2.37. The second-order valence-electron chi connectivity index (χ2n) is 7.16. The van der Waals surface area contributed by atoms with Crippen LogP contribution >= 0.6 is 11.9 Å². The highest BCUT2D eigenvalue weighted by Crippen LogP contribution is 2.31. The summed E-state index contributed by atoms with van der Waals surface area (Å²) in [6.45, 7) is 5.39. The Balaban J connectivity index is 0.000000149. The van der Waals surface area contributed by atoms with Gasteiger partial charge in [-0.15, -0.1) is 0 Å². The molecule has 0 unspecified atom stereocenters. The van der Waals surface area contributed by atoms with Crippen LogP contribution < -0.4 is 4.31 Å². The Morgan fingerprint density at radius 1 is 0.581 bits per heavy atom. The van der Waals surface area contributed by atoms with Crippen LogP contribution in [-0.2, 0) is 6.54 Å². The van der Waals surface area contributed by atoms with Crippen molar-refractivity contribution in [2.75, 3.05) is 10.1 Å². The van der Waals surface area contributed by atoms with Crippen LogP contribution in [0.15, 0.2) is 109 Å². The Hall–Kier alpha value is -3.17. The standard InChI is InChI=1S/C14H15NS.C14H13N/c1-2-16-15(13-9-5-3-6-10-13)14-11-7-4-8-12-14;1-2-15-13-9-5-3-7-11(13)12-8-4-6-10-14(12)15/h3-12H,2H2,1H3;3-10H,2H2,1H3. The van der Waals surface area contributed by atoms with E-state index in [4.69, 9.17) is 0 Å². The molecule has 1 aromatic heterocycles. The molecule has 0 fully saturated rings. The van der Waals surface area contributed by atoms with Crippen molar-refractivity contribution in [2.24, 2.45) is 0 Å². The molecule has 2 nitrogen and oxygen atoms in total. The number of hydrogen-bond donors (Lipinski definition) is 0. The molecule has 156 valence electrons. The average molecular weight is 425 g/mol. The third-order valence-corrected chi connectivity index (χ3v) is 6.17. The minimum Gasteiger partial charge on any atom is -0.341 e. The second kappa shape index (κ2) is 10.2. The average Bonchev–Trinajstić information content (AvgIpc) is 3.18. The topological polar surface area (TPSA) is 8.17 Å². The molecule has 31 heavy (non-hydrogen) atoms. The van der Waals surface area contributed by atoms with Crippen molar-refractivity contribution in [3.8, 4) is 0 Å². The van der Waals surface area contributed by atoms with Crippen LogP contribution in [0.1, 0.15) is 13.8 Å². The van der Waals surface area contributed by atoms with E-state index in [9.17, 15) is 0 Å². The lowest BCUT2D eigenvalue weighted by atomic mass is 10.2. The lowest BCUT2D eigenvalue weighted by molar-refractivity contribution is 0.827. The first-order chi connectivity index (χ1) is 15.3. The summed E-state index contributed by atoms with van der Waals surface area (Å²) in [6, 6.07) is 38.1. The normalized spacial score (nSPS) is 10.6. The molecule has 5 rings (SSSR count). The summed E-state index contributed by atoms with van der Waals surface area (Å²) in [5, 5.41) is 2.71. The van der Waals surface area contributed by atoms with Gasteiger partial charge in [-0.1, -0.05) is 79.7 Å². The van der Waals surface area contributed by atoms with Crippen LogP contribution in [0.2, 0.25) is 0 Å². The van der Waals surface area contributed by atoms with Crippen LogP contribution in [0.25, 0.3) is 21.8 Å². The van der Waals surface area contributed by atoms with Gasteiger partial charge in [0.2, 0.25) is 0 Å². The summed E-state index contributed by atoms with van der Waals surface area (Å²) in [5.41, 5.74) is 5.11. The molecule has 0 spiro atoms. The van der Waals surface area contributed by atoms with Gasteiger partial charge in [-0.2, -0.15) is 0 Å². The molecule has 5 aromatic rings. The smallest absolute Gasteiger partial charge is 0.0525 e. The third kappa shape index (κ3) is 4.62. The van der Waals surface area contributed by atoms with Crippen LogP contribution in [-0.4, -0.2) is 10.3 Å². The Kier molecular flexibility index (Phi) is 6.96.